The Morgan fingerprint density at radius 1 is 1.09 bits per heavy atom. The van der Waals surface area contributed by atoms with E-state index >= 15 is 0 Å². The van der Waals surface area contributed by atoms with Crippen LogP contribution in [0.15, 0.2) is 59.4 Å². The second-order valence-electron chi connectivity index (χ2n) is 8.64. The Morgan fingerprint density at radius 3 is 2.52 bits per heavy atom. The van der Waals surface area contributed by atoms with Crippen LogP contribution in [0.25, 0.3) is 11.4 Å². The van der Waals surface area contributed by atoms with Crippen LogP contribution in [0.2, 0.25) is 0 Å². The molecule has 1 fully saturated rings. The lowest BCUT2D eigenvalue weighted by Crippen LogP contribution is -2.53. The lowest BCUT2D eigenvalue weighted by atomic mass is 10.1. The number of aromatic amines is 1. The molecule has 1 saturated heterocycles. The molecule has 2 atom stereocenters. The number of hydrogen-bond acceptors (Lipinski definition) is 6. The van der Waals surface area contributed by atoms with Crippen LogP contribution >= 0.6 is 0 Å². The number of piperazine rings is 1. The van der Waals surface area contributed by atoms with Crippen LogP contribution in [-0.4, -0.2) is 51.1 Å². The van der Waals surface area contributed by atoms with Gasteiger partial charge in [-0.3, -0.25) is 14.5 Å². The van der Waals surface area contributed by atoms with E-state index in [1.807, 2.05) is 54.6 Å². The van der Waals surface area contributed by atoms with Crippen molar-refractivity contribution in [2.24, 2.45) is 0 Å². The number of aromatic nitrogens is 2. The minimum Gasteiger partial charge on any atom is -0.501 e. The monoisotopic (exact) mass is 447 g/mol. The van der Waals surface area contributed by atoms with Crippen molar-refractivity contribution >= 4 is 5.91 Å². The molecule has 1 aliphatic heterocycles. The quantitative estimate of drug-likeness (QED) is 0.461. The van der Waals surface area contributed by atoms with Crippen LogP contribution in [0.1, 0.15) is 35.5 Å². The van der Waals surface area contributed by atoms with Crippen molar-refractivity contribution in [3.8, 4) is 17.1 Å². The second kappa shape index (κ2) is 9.97. The summed E-state index contributed by atoms with van der Waals surface area (Å²) in [4.78, 5) is 34.3. The van der Waals surface area contributed by atoms with Crippen LogP contribution in [0, 0.1) is 0 Å². The molecule has 3 aromatic rings. The fourth-order valence-electron chi connectivity index (χ4n) is 4.27. The third-order valence-electron chi connectivity index (χ3n) is 5.65. The zero-order chi connectivity index (χ0) is 23.4. The summed E-state index contributed by atoms with van der Waals surface area (Å²) in [5.41, 5.74) is 1.62. The molecule has 0 radical (unpaired) electrons. The molecule has 0 aliphatic carbocycles. The molecule has 8 nitrogen and oxygen atoms in total. The van der Waals surface area contributed by atoms with Crippen molar-refractivity contribution in [1.82, 2.24) is 25.5 Å². The summed E-state index contributed by atoms with van der Waals surface area (Å²) < 4.78 is 0. The number of aromatic hydroxyl groups is 1. The summed E-state index contributed by atoms with van der Waals surface area (Å²) in [6.45, 7) is 7.29. The van der Waals surface area contributed by atoms with E-state index in [1.54, 1.807) is 0 Å². The molecule has 4 N–H and O–H groups in total. The second-order valence-corrected chi connectivity index (χ2v) is 8.64. The van der Waals surface area contributed by atoms with Crippen LogP contribution in [0.3, 0.4) is 0 Å². The molecule has 2 aromatic carbocycles. The van der Waals surface area contributed by atoms with E-state index in [9.17, 15) is 14.7 Å². The Labute approximate surface area is 192 Å². The Morgan fingerprint density at radius 2 is 1.79 bits per heavy atom. The van der Waals surface area contributed by atoms with E-state index in [0.717, 1.165) is 30.8 Å². The molecule has 1 aliphatic rings. The van der Waals surface area contributed by atoms with Gasteiger partial charge >= 0.3 is 0 Å². The molecule has 0 bridgehead atoms. The number of carbonyl (C=O) groups excluding carboxylic acids is 1. The van der Waals surface area contributed by atoms with Crippen LogP contribution in [-0.2, 0) is 13.1 Å². The van der Waals surface area contributed by atoms with Gasteiger partial charge in [0.1, 0.15) is 5.82 Å². The third-order valence-corrected chi connectivity index (χ3v) is 5.65. The maximum absolute atomic E-state index is 12.7. The topological polar surface area (TPSA) is 110 Å². The zero-order valence-corrected chi connectivity index (χ0v) is 18.8. The molecule has 0 saturated carbocycles. The van der Waals surface area contributed by atoms with Gasteiger partial charge in [-0.1, -0.05) is 48.5 Å². The Balaban J connectivity index is 1.54. The van der Waals surface area contributed by atoms with E-state index in [-0.39, 0.29) is 18.1 Å². The Bertz CT molecular complexity index is 1170. The molecule has 2 heterocycles. The van der Waals surface area contributed by atoms with E-state index in [1.165, 1.54) is 0 Å². The van der Waals surface area contributed by atoms with Crippen LogP contribution in [0.5, 0.6) is 5.75 Å². The fraction of sp³-hybridized carbons (Fsp3) is 0.320. The van der Waals surface area contributed by atoms with Gasteiger partial charge < -0.3 is 20.7 Å². The van der Waals surface area contributed by atoms with E-state index < -0.39 is 17.2 Å². The first-order chi connectivity index (χ1) is 15.9. The molecule has 2 unspecified atom stereocenters. The maximum Gasteiger partial charge on any atom is 0.294 e. The average molecular weight is 448 g/mol. The number of rotatable bonds is 6. The molecule has 8 heteroatoms. The van der Waals surface area contributed by atoms with Crippen LogP contribution < -0.4 is 16.2 Å². The number of carbonyl (C=O) groups is 1. The first-order valence-corrected chi connectivity index (χ1v) is 11.1. The summed E-state index contributed by atoms with van der Waals surface area (Å²) in [5, 5.41) is 16.4. The highest BCUT2D eigenvalue weighted by Gasteiger charge is 2.21. The molecule has 0 spiro atoms. The lowest BCUT2D eigenvalue weighted by Gasteiger charge is -2.36. The van der Waals surface area contributed by atoms with Gasteiger partial charge in [-0.15, -0.1) is 0 Å². The number of benzene rings is 2. The number of H-pyrrole nitrogens is 1. The highest BCUT2D eigenvalue weighted by atomic mass is 16.3. The van der Waals surface area contributed by atoms with Gasteiger partial charge in [0, 0.05) is 43.8 Å². The van der Waals surface area contributed by atoms with E-state index in [2.05, 4.69) is 39.3 Å². The third kappa shape index (κ3) is 5.66. The van der Waals surface area contributed by atoms with Gasteiger partial charge in [0.25, 0.3) is 11.5 Å². The summed E-state index contributed by atoms with van der Waals surface area (Å²) in [6, 6.07) is 18.0. The van der Waals surface area contributed by atoms with Crippen molar-refractivity contribution in [2.45, 2.75) is 39.0 Å². The van der Waals surface area contributed by atoms with E-state index in [0.29, 0.717) is 17.6 Å². The summed E-state index contributed by atoms with van der Waals surface area (Å²) >= 11 is 0. The number of nitrogens with one attached hydrogen (secondary N) is 3. The number of hydrogen-bond donors (Lipinski definition) is 4. The van der Waals surface area contributed by atoms with Crippen molar-refractivity contribution < 1.29 is 9.90 Å². The van der Waals surface area contributed by atoms with Crippen molar-refractivity contribution in [1.29, 1.82) is 0 Å². The van der Waals surface area contributed by atoms with Gasteiger partial charge in [-0.05, 0) is 31.0 Å². The van der Waals surface area contributed by atoms with Crippen molar-refractivity contribution in [2.75, 3.05) is 13.1 Å². The largest absolute Gasteiger partial charge is 0.501 e. The molecule has 172 valence electrons. The zero-order valence-electron chi connectivity index (χ0n) is 18.8. The maximum atomic E-state index is 12.7. The predicted molar refractivity (Wildman–Crippen MR) is 127 cm³/mol. The van der Waals surface area contributed by atoms with E-state index in [4.69, 9.17) is 0 Å². The predicted octanol–water partition coefficient (Wildman–Crippen LogP) is 2.25. The van der Waals surface area contributed by atoms with Gasteiger partial charge in [-0.25, -0.2) is 4.98 Å². The highest BCUT2D eigenvalue weighted by Crippen LogP contribution is 2.20. The minimum absolute atomic E-state index is 0.242. The Kier molecular flexibility index (Phi) is 6.86. The first kappa shape index (κ1) is 22.7. The van der Waals surface area contributed by atoms with Gasteiger partial charge in [0.15, 0.2) is 5.69 Å². The van der Waals surface area contributed by atoms with Gasteiger partial charge in [-0.2, -0.15) is 0 Å². The summed E-state index contributed by atoms with van der Waals surface area (Å²) in [7, 11) is 0. The number of amides is 1. The smallest absolute Gasteiger partial charge is 0.294 e. The molecule has 1 aromatic heterocycles. The highest BCUT2D eigenvalue weighted by molar-refractivity contribution is 5.95. The fourth-order valence-corrected chi connectivity index (χ4v) is 4.27. The number of nitrogens with zero attached hydrogens (tertiary/aromatic N) is 2. The molecular weight excluding hydrogens is 418 g/mol. The van der Waals surface area contributed by atoms with Gasteiger partial charge in [0.2, 0.25) is 5.75 Å². The van der Waals surface area contributed by atoms with Gasteiger partial charge in [0.05, 0.1) is 0 Å². The molecule has 1 amide bonds. The minimum atomic E-state index is -0.750. The molecule has 33 heavy (non-hydrogen) atoms. The van der Waals surface area contributed by atoms with Crippen molar-refractivity contribution in [3.05, 3.63) is 81.8 Å². The molecule has 4 rings (SSSR count). The SMILES string of the molecule is CC1CN(Cc2cccc(-c3nc(C(=O)NCc4ccccc4)c(O)c(=O)[nH]3)c2)CC(C)N1. The summed E-state index contributed by atoms with van der Waals surface area (Å²) in [6.07, 6.45) is 0. The first-order valence-electron chi connectivity index (χ1n) is 11.1. The summed E-state index contributed by atoms with van der Waals surface area (Å²) in [5.74, 6) is -1.06. The molecular formula is C25H29N5O3. The Hall–Kier alpha value is -3.49. The lowest BCUT2D eigenvalue weighted by molar-refractivity contribution is 0.0942. The normalized spacial score (nSPS) is 18.7. The standard InChI is InChI=1S/C25H29N5O3/c1-16-13-30(14-17(2)27-16)15-19-9-6-10-20(11-19)23-28-21(22(31)25(33)29-23)24(32)26-12-18-7-4-3-5-8-18/h3-11,16-17,27,31H,12-15H2,1-2H3,(H,26,32)(H,28,29,33). The van der Waals surface area contributed by atoms with Crippen LogP contribution in [0.4, 0.5) is 0 Å². The average Bonchev–Trinajstić information content (AvgIpc) is 2.79. The van der Waals surface area contributed by atoms with Crippen molar-refractivity contribution in [3.63, 3.8) is 0 Å².